The van der Waals surface area contributed by atoms with Crippen molar-refractivity contribution in [1.82, 2.24) is 5.43 Å². The number of aliphatic hydroxyl groups excluding tert-OH is 1. The van der Waals surface area contributed by atoms with E-state index in [1.54, 1.807) is 54.8 Å². The number of ketones is 1. The van der Waals surface area contributed by atoms with Crippen molar-refractivity contribution in [3.8, 4) is 0 Å². The van der Waals surface area contributed by atoms with Gasteiger partial charge in [0.25, 0.3) is 0 Å². The number of hydrazone groups is 1. The third kappa shape index (κ3) is 25.2. The zero-order chi connectivity index (χ0) is 39.3. The lowest BCUT2D eigenvalue weighted by Crippen LogP contribution is -2.26. The molecule has 0 atom stereocenters. The molecule has 0 aromatic carbocycles. The fourth-order valence-electron chi connectivity index (χ4n) is 3.28. The summed E-state index contributed by atoms with van der Waals surface area (Å²) in [6, 6.07) is -1.94. The Morgan fingerprint density at radius 1 is 0.640 bits per heavy atom. The molecule has 0 bridgehead atoms. The van der Waals surface area contributed by atoms with E-state index < -0.39 is 18.2 Å². The van der Waals surface area contributed by atoms with E-state index in [-0.39, 0.29) is 33.6 Å². The molecule has 50 heavy (non-hydrogen) atoms. The summed E-state index contributed by atoms with van der Waals surface area (Å²) in [5, 5.41) is 42.2. The molecule has 0 aromatic rings. The predicted octanol–water partition coefficient (Wildman–Crippen LogP) is 9.12. The summed E-state index contributed by atoms with van der Waals surface area (Å²) >= 11 is 0. The number of allylic oxidation sites excluding steroid dienone is 7. The summed E-state index contributed by atoms with van der Waals surface area (Å²) in [7, 11) is 0. The first-order valence-corrected chi connectivity index (χ1v) is 17.6. The molecule has 0 saturated carbocycles. The smallest absolute Gasteiger partial charge is 0.249 e. The van der Waals surface area contributed by atoms with Gasteiger partial charge in [-0.3, -0.25) is 30.4 Å². The van der Waals surface area contributed by atoms with Crippen molar-refractivity contribution < 1.29 is 19.7 Å². The van der Waals surface area contributed by atoms with Gasteiger partial charge in [0.05, 0.1) is 18.3 Å². The second kappa shape index (κ2) is 37.0. The van der Waals surface area contributed by atoms with E-state index in [9.17, 15) is 30.1 Å². The van der Waals surface area contributed by atoms with Crippen molar-refractivity contribution in [3.05, 3.63) is 129 Å². The molecule has 4 aliphatic carbocycles. The number of rotatable bonds is 7. The van der Waals surface area contributed by atoms with Crippen LogP contribution in [0.15, 0.2) is 124 Å². The van der Waals surface area contributed by atoms with E-state index in [0.29, 0.717) is 0 Å². The highest BCUT2D eigenvalue weighted by atomic mass is 16.6. The predicted molar refractivity (Wildman–Crippen MR) is 209 cm³/mol. The Morgan fingerprint density at radius 3 is 1.48 bits per heavy atom. The van der Waals surface area contributed by atoms with Gasteiger partial charge in [-0.2, -0.15) is 15.3 Å². The summed E-state index contributed by atoms with van der Waals surface area (Å²) in [5.74, 6) is -0.00275. The third-order valence-corrected chi connectivity index (χ3v) is 5.35. The topological polar surface area (TPSA) is 173 Å². The van der Waals surface area contributed by atoms with Crippen molar-refractivity contribution in [2.45, 2.75) is 113 Å². The van der Waals surface area contributed by atoms with Crippen LogP contribution in [0.1, 0.15) is 83.1 Å². The number of nitrogens with zero attached hydrogens (tertiary/aromatic N) is 5. The SMILES string of the molecule is CC.CC.CC.CC.CC.CC.O=C1C=CC(=CN=NC2C=CC([N+](=O)[O-])C=C2)C=C1.O=[N+]([O-])C1C=CC(NN=CC2C=CC(O)C=C2)C=C1. The van der Waals surface area contributed by atoms with Gasteiger partial charge >= 0.3 is 0 Å². The molecule has 280 valence electrons. The maximum Gasteiger partial charge on any atom is 0.249 e. The van der Waals surface area contributed by atoms with E-state index in [2.05, 4.69) is 20.8 Å². The molecule has 0 amide bonds. The van der Waals surface area contributed by atoms with Gasteiger partial charge < -0.3 is 5.11 Å². The lowest BCUT2D eigenvalue weighted by atomic mass is 10.0. The number of hydrogen-bond donors (Lipinski definition) is 2. The first-order valence-electron chi connectivity index (χ1n) is 17.6. The van der Waals surface area contributed by atoms with Gasteiger partial charge in [0.1, 0.15) is 6.04 Å². The molecule has 0 radical (unpaired) electrons. The minimum atomic E-state index is -0.778. The van der Waals surface area contributed by atoms with E-state index in [1.807, 2.05) is 95.2 Å². The highest BCUT2D eigenvalue weighted by molar-refractivity contribution is 6.01. The molecule has 2 N–H and O–H groups in total. The molecule has 0 aliphatic heterocycles. The van der Waals surface area contributed by atoms with Crippen LogP contribution in [0, 0.1) is 26.1 Å². The van der Waals surface area contributed by atoms with Gasteiger partial charge in [0.2, 0.25) is 12.1 Å². The van der Waals surface area contributed by atoms with Crippen LogP contribution < -0.4 is 5.43 Å². The number of aliphatic hydroxyl groups is 1. The van der Waals surface area contributed by atoms with E-state index in [0.717, 1.165) is 5.57 Å². The van der Waals surface area contributed by atoms with Crippen molar-refractivity contribution in [2.24, 2.45) is 21.2 Å². The van der Waals surface area contributed by atoms with Crippen LogP contribution >= 0.6 is 0 Å². The van der Waals surface area contributed by atoms with E-state index in [4.69, 9.17) is 0 Å². The molecule has 0 unspecified atom stereocenters. The fraction of sp³-hybridized carbons (Fsp3) is 0.474. The summed E-state index contributed by atoms with van der Waals surface area (Å²) in [5.41, 5.74) is 3.66. The molecule has 12 nitrogen and oxygen atoms in total. The quantitative estimate of drug-likeness (QED) is 0.0877. The van der Waals surface area contributed by atoms with Gasteiger partial charge in [-0.25, -0.2) is 0 Å². The van der Waals surface area contributed by atoms with Gasteiger partial charge in [-0.15, -0.1) is 0 Å². The highest BCUT2D eigenvalue weighted by Crippen LogP contribution is 2.11. The second-order valence-electron chi connectivity index (χ2n) is 8.28. The molecule has 0 fully saturated rings. The summed E-state index contributed by atoms with van der Waals surface area (Å²) in [6.07, 6.45) is 28.7. The Balaban J connectivity index is -0.000000326. The summed E-state index contributed by atoms with van der Waals surface area (Å²) < 4.78 is 0. The monoisotopic (exact) mass is 698 g/mol. The van der Waals surface area contributed by atoms with Gasteiger partial charge in [0.15, 0.2) is 5.78 Å². The largest absolute Gasteiger partial charge is 0.385 e. The highest BCUT2D eigenvalue weighted by Gasteiger charge is 2.17. The lowest BCUT2D eigenvalue weighted by molar-refractivity contribution is -0.496. The molecular formula is C38H62N6O6. The molecule has 0 spiro atoms. The van der Waals surface area contributed by atoms with E-state index >= 15 is 0 Å². The number of carbonyl (C=O) groups is 1. The molecule has 4 rings (SSSR count). The van der Waals surface area contributed by atoms with Crippen LogP contribution in [0.4, 0.5) is 0 Å². The first kappa shape index (κ1) is 52.0. The number of carbonyl (C=O) groups excluding carboxylic acids is 1. The fourth-order valence-corrected chi connectivity index (χ4v) is 3.28. The number of azo groups is 1. The van der Waals surface area contributed by atoms with Crippen LogP contribution in [-0.4, -0.2) is 57.2 Å². The lowest BCUT2D eigenvalue weighted by Gasteiger charge is -2.13. The molecule has 4 aliphatic rings. The second-order valence-corrected chi connectivity index (χ2v) is 8.28. The molecule has 0 aromatic heterocycles. The number of hydrogen-bond acceptors (Lipinski definition) is 10. The van der Waals surface area contributed by atoms with Crippen LogP contribution in [0.5, 0.6) is 0 Å². The Morgan fingerprint density at radius 2 is 1.06 bits per heavy atom. The average molecular weight is 699 g/mol. The Bertz CT molecular complexity index is 1180. The van der Waals surface area contributed by atoms with Crippen molar-refractivity contribution in [2.75, 3.05) is 0 Å². The minimum absolute atomic E-state index is 0.0546. The molecular weight excluding hydrogens is 636 g/mol. The maximum atomic E-state index is 10.9. The number of nitro groups is 2. The third-order valence-electron chi connectivity index (χ3n) is 5.35. The van der Waals surface area contributed by atoms with Crippen molar-refractivity contribution >= 4 is 12.0 Å². The van der Waals surface area contributed by atoms with E-state index in [1.165, 1.54) is 42.7 Å². The van der Waals surface area contributed by atoms with Crippen LogP contribution in [0.3, 0.4) is 0 Å². The van der Waals surface area contributed by atoms with Crippen LogP contribution in [0.2, 0.25) is 0 Å². The Hall–Kier alpha value is -4.84. The van der Waals surface area contributed by atoms with Crippen molar-refractivity contribution in [1.29, 1.82) is 0 Å². The average Bonchev–Trinajstić information content (AvgIpc) is 3.19. The zero-order valence-electron chi connectivity index (χ0n) is 32.1. The van der Waals surface area contributed by atoms with Crippen LogP contribution in [0.25, 0.3) is 0 Å². The van der Waals surface area contributed by atoms with Crippen molar-refractivity contribution in [3.63, 3.8) is 0 Å². The first-order chi connectivity index (χ1) is 24.3. The van der Waals surface area contributed by atoms with Gasteiger partial charge in [-0.1, -0.05) is 132 Å². The van der Waals surface area contributed by atoms with Gasteiger partial charge in [-0.05, 0) is 54.2 Å². The Labute approximate surface area is 300 Å². The number of nitrogens with one attached hydrogen (secondary N) is 1. The normalized spacial score (nSPS) is 22.8. The Kier molecular flexibility index (Phi) is 38.5. The minimum Gasteiger partial charge on any atom is -0.385 e. The molecule has 12 heteroatoms. The summed E-state index contributed by atoms with van der Waals surface area (Å²) in [4.78, 5) is 31.2. The molecule has 0 saturated heterocycles. The maximum absolute atomic E-state index is 10.9. The molecule has 0 heterocycles. The summed E-state index contributed by atoms with van der Waals surface area (Å²) in [6.45, 7) is 24.0. The zero-order valence-corrected chi connectivity index (χ0v) is 32.1. The standard InChI is InChI=1S/C13H15N3O3.C13H11N3O3.6C2H6/c2*17-13-7-1-10(2-8-13)9-14-15-11-3-5-12(6-4-11)16(18)19;6*1-2/h1-13,15,17H;1-9,11-12H;6*1-2H3. The van der Waals surface area contributed by atoms with Crippen LogP contribution in [-0.2, 0) is 4.79 Å². The van der Waals surface area contributed by atoms with Gasteiger partial charge in [0, 0.05) is 22.0 Å².